The zero-order chi connectivity index (χ0) is 20.7. The van der Waals surface area contributed by atoms with Crippen LogP contribution in [0.5, 0.6) is 5.75 Å². The molecule has 0 saturated carbocycles. The van der Waals surface area contributed by atoms with Gasteiger partial charge in [-0.1, -0.05) is 26.0 Å². The second kappa shape index (κ2) is 10.9. The molecular weight excluding hydrogens is 500 g/mol. The molecule has 0 radical (unpaired) electrons. The largest absolute Gasteiger partial charge is 0.573 e. The number of guanidine groups is 1. The van der Waals surface area contributed by atoms with E-state index in [4.69, 9.17) is 5.73 Å². The van der Waals surface area contributed by atoms with E-state index >= 15 is 0 Å². The Morgan fingerprint density at radius 3 is 2.07 bits per heavy atom. The molecule has 158 valence electrons. The molecule has 2 rings (SSSR count). The number of nitrogens with two attached hydrogens (primary N) is 1. The molecule has 2 aromatic rings. The third-order valence-corrected chi connectivity index (χ3v) is 3.54. The standard InChI is InChI=1S/C19H21F3N4O2.HI/c1-12(2)17(27)25-14-5-3-13(4-6-14)11-24-18(23)26-15-7-9-16(10-8-15)28-19(20,21)22;/h3-10,12H,11H2,1-2H3,(H,25,27)(H3,23,24,26);1H. The zero-order valence-corrected chi connectivity index (χ0v) is 18.1. The van der Waals surface area contributed by atoms with Crippen LogP contribution in [0.15, 0.2) is 53.5 Å². The van der Waals surface area contributed by atoms with Crippen molar-refractivity contribution in [3.05, 3.63) is 54.1 Å². The van der Waals surface area contributed by atoms with Crippen LogP contribution < -0.4 is 21.1 Å². The molecule has 0 spiro atoms. The van der Waals surface area contributed by atoms with E-state index in [2.05, 4.69) is 20.4 Å². The minimum atomic E-state index is -4.73. The van der Waals surface area contributed by atoms with Gasteiger partial charge in [0, 0.05) is 17.3 Å². The van der Waals surface area contributed by atoms with Crippen LogP contribution >= 0.6 is 24.0 Å². The number of hydrogen-bond acceptors (Lipinski definition) is 3. The molecule has 0 heterocycles. The molecule has 1 amide bonds. The number of benzene rings is 2. The second-order valence-corrected chi connectivity index (χ2v) is 6.24. The summed E-state index contributed by atoms with van der Waals surface area (Å²) in [7, 11) is 0. The number of carbonyl (C=O) groups is 1. The van der Waals surface area contributed by atoms with Gasteiger partial charge in [0.25, 0.3) is 0 Å². The molecule has 2 aromatic carbocycles. The third kappa shape index (κ3) is 9.03. The summed E-state index contributed by atoms with van der Waals surface area (Å²) in [6, 6.07) is 12.3. The lowest BCUT2D eigenvalue weighted by atomic mass is 10.2. The Bertz CT molecular complexity index is 823. The fourth-order valence-electron chi connectivity index (χ4n) is 2.08. The first-order valence-corrected chi connectivity index (χ1v) is 8.45. The van der Waals surface area contributed by atoms with Crippen LogP contribution in [0.25, 0.3) is 0 Å². The van der Waals surface area contributed by atoms with Crippen LogP contribution in [0.1, 0.15) is 19.4 Å². The first kappa shape index (κ1) is 24.5. The number of hydrogen-bond donors (Lipinski definition) is 3. The average Bonchev–Trinajstić information content (AvgIpc) is 2.61. The molecule has 0 bridgehead atoms. The van der Waals surface area contributed by atoms with E-state index in [-0.39, 0.29) is 47.5 Å². The van der Waals surface area contributed by atoms with E-state index in [9.17, 15) is 18.0 Å². The highest BCUT2D eigenvalue weighted by atomic mass is 127. The summed E-state index contributed by atoms with van der Waals surface area (Å²) in [6.07, 6.45) is -4.73. The molecule has 0 saturated heterocycles. The monoisotopic (exact) mass is 522 g/mol. The summed E-state index contributed by atoms with van der Waals surface area (Å²) in [4.78, 5) is 15.8. The van der Waals surface area contributed by atoms with Crippen LogP contribution in [0.4, 0.5) is 24.5 Å². The number of carbonyl (C=O) groups excluding carboxylic acids is 1. The molecule has 0 aliphatic rings. The predicted octanol–water partition coefficient (Wildman–Crippen LogP) is 4.72. The zero-order valence-electron chi connectivity index (χ0n) is 15.8. The van der Waals surface area contributed by atoms with Crippen molar-refractivity contribution in [1.29, 1.82) is 0 Å². The highest BCUT2D eigenvalue weighted by Gasteiger charge is 2.30. The van der Waals surface area contributed by atoms with Gasteiger partial charge in [-0.05, 0) is 42.0 Å². The van der Waals surface area contributed by atoms with Gasteiger partial charge in [0.2, 0.25) is 5.91 Å². The Morgan fingerprint density at radius 1 is 1.03 bits per heavy atom. The second-order valence-electron chi connectivity index (χ2n) is 6.24. The number of rotatable bonds is 6. The highest BCUT2D eigenvalue weighted by molar-refractivity contribution is 14.0. The van der Waals surface area contributed by atoms with Crippen molar-refractivity contribution in [2.24, 2.45) is 16.6 Å². The van der Waals surface area contributed by atoms with Gasteiger partial charge in [-0.15, -0.1) is 37.1 Å². The van der Waals surface area contributed by atoms with Crippen molar-refractivity contribution in [1.82, 2.24) is 0 Å². The van der Waals surface area contributed by atoms with E-state index < -0.39 is 6.36 Å². The van der Waals surface area contributed by atoms with Gasteiger partial charge in [0.15, 0.2) is 5.96 Å². The molecular formula is C19H22F3IN4O2. The van der Waals surface area contributed by atoms with Gasteiger partial charge in [-0.3, -0.25) is 4.79 Å². The molecule has 6 nitrogen and oxygen atoms in total. The van der Waals surface area contributed by atoms with E-state index in [0.717, 1.165) is 5.56 Å². The minimum Gasteiger partial charge on any atom is -0.406 e. The van der Waals surface area contributed by atoms with Crippen molar-refractivity contribution in [2.45, 2.75) is 26.8 Å². The van der Waals surface area contributed by atoms with Crippen LogP contribution in [-0.4, -0.2) is 18.2 Å². The molecule has 0 atom stereocenters. The topological polar surface area (TPSA) is 88.7 Å². The van der Waals surface area contributed by atoms with Crippen LogP contribution in [0.2, 0.25) is 0 Å². The first-order chi connectivity index (χ1) is 13.1. The SMILES string of the molecule is CC(C)C(=O)Nc1ccc(CN=C(N)Nc2ccc(OC(F)(F)F)cc2)cc1.I. The van der Waals surface area contributed by atoms with Gasteiger partial charge in [0.1, 0.15) is 5.75 Å². The van der Waals surface area contributed by atoms with Gasteiger partial charge in [-0.25, -0.2) is 4.99 Å². The molecule has 10 heteroatoms. The fraction of sp³-hybridized carbons (Fsp3) is 0.263. The number of aliphatic imine (C=N–C) groups is 1. The Kier molecular flexibility index (Phi) is 9.21. The average molecular weight is 522 g/mol. The Morgan fingerprint density at radius 2 is 1.55 bits per heavy atom. The Labute approximate surface area is 183 Å². The van der Waals surface area contributed by atoms with E-state index in [1.165, 1.54) is 24.3 Å². The fourth-order valence-corrected chi connectivity index (χ4v) is 2.08. The van der Waals surface area contributed by atoms with Gasteiger partial charge in [-0.2, -0.15) is 0 Å². The highest BCUT2D eigenvalue weighted by Crippen LogP contribution is 2.23. The maximum Gasteiger partial charge on any atom is 0.573 e. The van der Waals surface area contributed by atoms with Crippen LogP contribution in [-0.2, 0) is 11.3 Å². The number of nitrogens with one attached hydrogen (secondary N) is 2. The summed E-state index contributed by atoms with van der Waals surface area (Å²) >= 11 is 0. The van der Waals surface area contributed by atoms with E-state index in [1.54, 1.807) is 12.1 Å². The van der Waals surface area contributed by atoms with Crippen molar-refractivity contribution >= 4 is 47.2 Å². The number of alkyl halides is 3. The van der Waals surface area contributed by atoms with Crippen molar-refractivity contribution in [2.75, 3.05) is 10.6 Å². The van der Waals surface area contributed by atoms with Gasteiger partial charge >= 0.3 is 6.36 Å². The number of nitrogens with zero attached hydrogens (tertiary/aromatic N) is 1. The minimum absolute atomic E-state index is 0. The van der Waals surface area contributed by atoms with Gasteiger partial charge < -0.3 is 21.1 Å². The van der Waals surface area contributed by atoms with Crippen LogP contribution in [0, 0.1) is 5.92 Å². The van der Waals surface area contributed by atoms with E-state index in [0.29, 0.717) is 17.9 Å². The molecule has 0 aliphatic heterocycles. The van der Waals surface area contributed by atoms with E-state index in [1.807, 2.05) is 26.0 Å². The summed E-state index contributed by atoms with van der Waals surface area (Å²) in [5.41, 5.74) is 7.84. The maximum atomic E-state index is 12.1. The maximum absolute atomic E-state index is 12.1. The van der Waals surface area contributed by atoms with Gasteiger partial charge in [0.05, 0.1) is 6.54 Å². The number of anilines is 2. The smallest absolute Gasteiger partial charge is 0.406 e. The lowest BCUT2D eigenvalue weighted by Crippen LogP contribution is -2.22. The quantitative estimate of drug-likeness (QED) is 0.291. The molecule has 0 aromatic heterocycles. The number of amides is 1. The summed E-state index contributed by atoms with van der Waals surface area (Å²) in [6.45, 7) is 3.92. The lowest BCUT2D eigenvalue weighted by molar-refractivity contribution is -0.274. The molecule has 0 aliphatic carbocycles. The Hall–Kier alpha value is -2.50. The lowest BCUT2D eigenvalue weighted by Gasteiger charge is -2.10. The molecule has 0 fully saturated rings. The Balaban J connectivity index is 0.00000420. The van der Waals surface area contributed by atoms with Crippen molar-refractivity contribution in [3.63, 3.8) is 0 Å². The van der Waals surface area contributed by atoms with Crippen molar-refractivity contribution < 1.29 is 22.7 Å². The third-order valence-electron chi connectivity index (χ3n) is 3.54. The first-order valence-electron chi connectivity index (χ1n) is 8.45. The van der Waals surface area contributed by atoms with Crippen LogP contribution in [0.3, 0.4) is 0 Å². The summed E-state index contributed by atoms with van der Waals surface area (Å²) in [5.74, 6) is -0.380. The number of ether oxygens (including phenoxy) is 1. The normalized spacial score (nSPS) is 11.6. The number of halogens is 4. The molecule has 4 N–H and O–H groups in total. The predicted molar refractivity (Wildman–Crippen MR) is 117 cm³/mol. The van der Waals surface area contributed by atoms with Crippen molar-refractivity contribution in [3.8, 4) is 5.75 Å². The molecule has 0 unspecified atom stereocenters. The summed E-state index contributed by atoms with van der Waals surface area (Å²) < 4.78 is 40.2. The summed E-state index contributed by atoms with van der Waals surface area (Å²) in [5, 5.41) is 5.58. The molecule has 29 heavy (non-hydrogen) atoms.